The summed E-state index contributed by atoms with van der Waals surface area (Å²) in [6.07, 6.45) is 5.38. The molecule has 1 amide bonds. The van der Waals surface area contributed by atoms with Crippen molar-refractivity contribution >= 4 is 5.91 Å². The highest BCUT2D eigenvalue weighted by Gasteiger charge is 2.64. The van der Waals surface area contributed by atoms with E-state index in [1.54, 1.807) is 0 Å². The summed E-state index contributed by atoms with van der Waals surface area (Å²) >= 11 is 0. The van der Waals surface area contributed by atoms with Gasteiger partial charge in [0.2, 0.25) is 5.91 Å². The molecule has 1 aromatic heterocycles. The number of imidazole rings is 1. The van der Waals surface area contributed by atoms with Gasteiger partial charge in [-0.05, 0) is 12.8 Å². The second-order valence-electron chi connectivity index (χ2n) is 7.30. The zero-order chi connectivity index (χ0) is 16.2. The molecule has 126 valence electrons. The quantitative estimate of drug-likeness (QED) is 0.843. The number of ether oxygens (including phenoxy) is 1. The van der Waals surface area contributed by atoms with Crippen molar-refractivity contribution in [3.8, 4) is 0 Å². The Hall–Kier alpha value is -1.40. The molecule has 0 radical (unpaired) electrons. The molecule has 23 heavy (non-hydrogen) atoms. The Morgan fingerprint density at radius 2 is 2.30 bits per heavy atom. The summed E-state index contributed by atoms with van der Waals surface area (Å²) in [5, 5.41) is 0. The van der Waals surface area contributed by atoms with Gasteiger partial charge >= 0.3 is 0 Å². The normalized spacial score (nSPS) is 33.7. The largest absolute Gasteiger partial charge is 0.352 e. The van der Waals surface area contributed by atoms with Crippen molar-refractivity contribution in [3.05, 3.63) is 18.2 Å². The molecule has 1 spiro atoms. The average molecular weight is 318 g/mol. The number of rotatable bonds is 4. The number of aromatic nitrogens is 2. The molecule has 3 saturated heterocycles. The topological polar surface area (TPSA) is 50.6 Å². The van der Waals surface area contributed by atoms with E-state index in [9.17, 15) is 4.79 Å². The number of likely N-dealkylation sites (tertiary alicyclic amines) is 1. The van der Waals surface area contributed by atoms with Crippen molar-refractivity contribution < 1.29 is 9.53 Å². The summed E-state index contributed by atoms with van der Waals surface area (Å²) in [6, 6.07) is 0.394. The highest BCUT2D eigenvalue weighted by Crippen LogP contribution is 2.49. The van der Waals surface area contributed by atoms with E-state index in [0.29, 0.717) is 18.9 Å². The van der Waals surface area contributed by atoms with Gasteiger partial charge in [0.15, 0.2) is 5.72 Å². The number of carbonyl (C=O) groups excluding carboxylic acids is 1. The zero-order valence-electron chi connectivity index (χ0n) is 14.2. The SMILES string of the molecule is CCn1ccnc1CN1CC[C@@]23OC[C@@H](C(C)C)N2C(=O)C[C@@H]13. The maximum atomic E-state index is 12.6. The van der Waals surface area contributed by atoms with Gasteiger partial charge in [0.05, 0.1) is 25.2 Å². The molecule has 6 heteroatoms. The van der Waals surface area contributed by atoms with E-state index in [1.165, 1.54) is 0 Å². The summed E-state index contributed by atoms with van der Waals surface area (Å²) in [5.41, 5.74) is -0.379. The van der Waals surface area contributed by atoms with Crippen LogP contribution in [0.2, 0.25) is 0 Å². The molecule has 0 saturated carbocycles. The van der Waals surface area contributed by atoms with E-state index < -0.39 is 0 Å². The van der Waals surface area contributed by atoms with Gasteiger partial charge in [-0.25, -0.2) is 4.98 Å². The second kappa shape index (κ2) is 5.31. The van der Waals surface area contributed by atoms with Gasteiger partial charge in [0.1, 0.15) is 5.82 Å². The first-order valence-corrected chi connectivity index (χ1v) is 8.77. The number of amides is 1. The smallest absolute Gasteiger partial charge is 0.226 e. The second-order valence-corrected chi connectivity index (χ2v) is 7.30. The van der Waals surface area contributed by atoms with Crippen molar-refractivity contribution in [2.24, 2.45) is 5.92 Å². The predicted molar refractivity (Wildman–Crippen MR) is 85.5 cm³/mol. The Balaban J connectivity index is 1.58. The Bertz CT molecular complexity index is 613. The van der Waals surface area contributed by atoms with E-state index in [4.69, 9.17) is 4.74 Å². The molecule has 3 aliphatic heterocycles. The lowest BCUT2D eigenvalue weighted by Gasteiger charge is -2.34. The summed E-state index contributed by atoms with van der Waals surface area (Å²) in [4.78, 5) is 21.6. The van der Waals surface area contributed by atoms with E-state index >= 15 is 0 Å². The molecule has 0 unspecified atom stereocenters. The lowest BCUT2D eigenvalue weighted by molar-refractivity contribution is -0.139. The minimum absolute atomic E-state index is 0.167. The Morgan fingerprint density at radius 3 is 3.04 bits per heavy atom. The van der Waals surface area contributed by atoms with E-state index in [2.05, 4.69) is 40.1 Å². The van der Waals surface area contributed by atoms with Gasteiger partial charge in [-0.2, -0.15) is 0 Å². The predicted octanol–water partition coefficient (Wildman–Crippen LogP) is 1.46. The average Bonchev–Trinajstić information content (AvgIpc) is 3.23. The van der Waals surface area contributed by atoms with Crippen LogP contribution in [0.4, 0.5) is 0 Å². The van der Waals surface area contributed by atoms with E-state index in [1.807, 2.05) is 12.4 Å². The van der Waals surface area contributed by atoms with Crippen LogP contribution < -0.4 is 0 Å². The maximum Gasteiger partial charge on any atom is 0.226 e. The number of carbonyl (C=O) groups is 1. The molecule has 0 N–H and O–H groups in total. The fourth-order valence-corrected chi connectivity index (χ4v) is 4.60. The molecular weight excluding hydrogens is 292 g/mol. The van der Waals surface area contributed by atoms with Crippen LogP contribution in [0.25, 0.3) is 0 Å². The molecule has 0 aliphatic carbocycles. The fraction of sp³-hybridized carbons (Fsp3) is 0.765. The minimum atomic E-state index is -0.379. The van der Waals surface area contributed by atoms with Crippen molar-refractivity contribution in [1.82, 2.24) is 19.4 Å². The highest BCUT2D eigenvalue weighted by molar-refractivity contribution is 5.82. The molecule has 4 rings (SSSR count). The van der Waals surface area contributed by atoms with Crippen LogP contribution in [0.5, 0.6) is 0 Å². The fourth-order valence-electron chi connectivity index (χ4n) is 4.60. The van der Waals surface area contributed by atoms with Crippen molar-refractivity contribution in [3.63, 3.8) is 0 Å². The van der Waals surface area contributed by atoms with Crippen LogP contribution in [-0.4, -0.2) is 56.2 Å². The van der Waals surface area contributed by atoms with Gasteiger partial charge in [-0.1, -0.05) is 13.8 Å². The third kappa shape index (κ3) is 2.08. The Labute approximate surface area is 137 Å². The number of nitrogens with zero attached hydrogens (tertiary/aromatic N) is 4. The lowest BCUT2D eigenvalue weighted by atomic mass is 10.0. The third-order valence-corrected chi connectivity index (χ3v) is 5.86. The Morgan fingerprint density at radius 1 is 1.48 bits per heavy atom. The number of hydrogen-bond acceptors (Lipinski definition) is 4. The van der Waals surface area contributed by atoms with Crippen LogP contribution in [0, 0.1) is 5.92 Å². The summed E-state index contributed by atoms with van der Waals surface area (Å²) in [7, 11) is 0. The van der Waals surface area contributed by atoms with Crippen molar-refractivity contribution in [2.45, 2.75) is 64.5 Å². The zero-order valence-corrected chi connectivity index (χ0v) is 14.2. The van der Waals surface area contributed by atoms with E-state index in [0.717, 1.165) is 31.9 Å². The van der Waals surface area contributed by atoms with Gasteiger partial charge < -0.3 is 14.2 Å². The van der Waals surface area contributed by atoms with Crippen LogP contribution in [-0.2, 0) is 22.6 Å². The Kier molecular flexibility index (Phi) is 3.50. The molecule has 6 nitrogen and oxygen atoms in total. The molecule has 0 bridgehead atoms. The standard InChI is InChI=1S/C17H26N4O2/c1-4-19-8-6-18-15(19)10-20-7-5-17-14(20)9-16(22)21(17)13(11-23-17)12(2)3/h6,8,12-14H,4-5,7,9-11H2,1-3H3/t13-,14+,17-/m0/s1. The van der Waals surface area contributed by atoms with Crippen molar-refractivity contribution in [1.29, 1.82) is 0 Å². The van der Waals surface area contributed by atoms with Crippen LogP contribution in [0.15, 0.2) is 12.4 Å². The van der Waals surface area contributed by atoms with Crippen LogP contribution >= 0.6 is 0 Å². The summed E-state index contributed by atoms with van der Waals surface area (Å²) in [5.74, 6) is 1.77. The van der Waals surface area contributed by atoms with Gasteiger partial charge in [-0.15, -0.1) is 0 Å². The number of hydrogen-bond donors (Lipinski definition) is 0. The molecule has 3 fully saturated rings. The minimum Gasteiger partial charge on any atom is -0.352 e. The highest BCUT2D eigenvalue weighted by atomic mass is 16.5. The number of aryl methyl sites for hydroxylation is 1. The summed E-state index contributed by atoms with van der Waals surface area (Å²) < 4.78 is 8.45. The van der Waals surface area contributed by atoms with Crippen LogP contribution in [0.3, 0.4) is 0 Å². The third-order valence-electron chi connectivity index (χ3n) is 5.86. The molecular formula is C17H26N4O2. The first kappa shape index (κ1) is 15.1. The lowest BCUT2D eigenvalue weighted by Crippen LogP contribution is -2.50. The monoisotopic (exact) mass is 318 g/mol. The maximum absolute atomic E-state index is 12.6. The molecule has 3 aliphatic rings. The molecule has 1 aromatic rings. The van der Waals surface area contributed by atoms with Crippen molar-refractivity contribution in [2.75, 3.05) is 13.2 Å². The first-order valence-electron chi connectivity index (χ1n) is 8.77. The molecule has 0 aromatic carbocycles. The summed E-state index contributed by atoms with van der Waals surface area (Å²) in [6.45, 7) is 9.86. The first-order chi connectivity index (χ1) is 11.1. The van der Waals surface area contributed by atoms with Crippen LogP contribution in [0.1, 0.15) is 39.4 Å². The molecule has 4 heterocycles. The van der Waals surface area contributed by atoms with E-state index in [-0.39, 0.29) is 23.7 Å². The molecule has 3 atom stereocenters. The van der Waals surface area contributed by atoms with Gasteiger partial charge in [0.25, 0.3) is 0 Å². The van der Waals surface area contributed by atoms with Gasteiger partial charge in [0, 0.05) is 38.3 Å². The van der Waals surface area contributed by atoms with Gasteiger partial charge in [-0.3, -0.25) is 9.69 Å².